The number of halogens is 3. The van der Waals surface area contributed by atoms with E-state index in [1.807, 2.05) is 6.07 Å². The van der Waals surface area contributed by atoms with Gasteiger partial charge in [0.2, 0.25) is 10.0 Å². The minimum absolute atomic E-state index is 0.229. The number of nitrogens with one attached hydrogen (secondary N) is 2. The third kappa shape index (κ3) is 5.30. The lowest BCUT2D eigenvalue weighted by atomic mass is 10.1. The first-order valence-corrected chi connectivity index (χ1v) is 8.57. The molecule has 6 nitrogen and oxygen atoms in total. The van der Waals surface area contributed by atoms with Gasteiger partial charge in [-0.1, -0.05) is 6.07 Å². The van der Waals surface area contributed by atoms with Crippen LogP contribution in [0.4, 0.5) is 18.9 Å². The Morgan fingerprint density at radius 2 is 1.77 bits per heavy atom. The summed E-state index contributed by atoms with van der Waals surface area (Å²) in [6, 6.07) is 12.5. The Morgan fingerprint density at radius 1 is 1.12 bits per heavy atom. The van der Waals surface area contributed by atoms with Crippen LogP contribution in [-0.2, 0) is 10.0 Å². The molecule has 0 aliphatic heterocycles. The predicted octanol–water partition coefficient (Wildman–Crippen LogP) is 2.65. The molecule has 0 aromatic heterocycles. The Hall–Kier alpha value is -2.90. The largest absolute Gasteiger partial charge is 0.402 e. The van der Waals surface area contributed by atoms with E-state index in [-0.39, 0.29) is 16.1 Å². The normalized spacial score (nSPS) is 11.6. The molecule has 26 heavy (non-hydrogen) atoms. The first-order valence-electron chi connectivity index (χ1n) is 7.09. The van der Waals surface area contributed by atoms with Crippen LogP contribution in [0.25, 0.3) is 0 Å². The number of sulfonamides is 1. The van der Waals surface area contributed by atoms with Crippen molar-refractivity contribution in [3.05, 3.63) is 59.7 Å². The number of anilines is 1. The van der Waals surface area contributed by atoms with E-state index in [9.17, 15) is 26.4 Å². The molecule has 0 unspecified atom stereocenters. The maximum absolute atomic E-state index is 12.1. The maximum atomic E-state index is 12.1. The zero-order valence-electron chi connectivity index (χ0n) is 13.0. The molecule has 0 aliphatic rings. The van der Waals surface area contributed by atoms with Crippen molar-refractivity contribution < 1.29 is 26.4 Å². The minimum Gasteiger partial charge on any atom is -0.322 e. The molecule has 2 aromatic carbocycles. The molecule has 0 spiro atoms. The van der Waals surface area contributed by atoms with Crippen molar-refractivity contribution in [2.75, 3.05) is 11.9 Å². The minimum atomic E-state index is -4.67. The zero-order valence-corrected chi connectivity index (χ0v) is 13.9. The summed E-state index contributed by atoms with van der Waals surface area (Å²) >= 11 is 0. The number of amides is 1. The molecule has 0 saturated heterocycles. The van der Waals surface area contributed by atoms with Gasteiger partial charge in [-0.15, -0.1) is 0 Å². The zero-order chi connectivity index (χ0) is 19.4. The van der Waals surface area contributed by atoms with Crippen LogP contribution < -0.4 is 10.0 Å². The van der Waals surface area contributed by atoms with E-state index in [0.717, 1.165) is 12.1 Å². The second-order valence-electron chi connectivity index (χ2n) is 5.11. The average Bonchev–Trinajstić information content (AvgIpc) is 2.60. The number of nitriles is 1. The van der Waals surface area contributed by atoms with Crippen molar-refractivity contribution in [1.82, 2.24) is 4.72 Å². The molecule has 10 heteroatoms. The molecule has 0 radical (unpaired) electrons. The highest BCUT2D eigenvalue weighted by molar-refractivity contribution is 7.89. The Kier molecular flexibility index (Phi) is 5.64. The molecule has 0 atom stereocenters. The van der Waals surface area contributed by atoms with Gasteiger partial charge in [-0.25, -0.2) is 13.1 Å². The number of benzene rings is 2. The van der Waals surface area contributed by atoms with Crippen LogP contribution >= 0.6 is 0 Å². The summed E-state index contributed by atoms with van der Waals surface area (Å²) in [5, 5.41) is 11.3. The van der Waals surface area contributed by atoms with Gasteiger partial charge in [0.25, 0.3) is 5.91 Å². The van der Waals surface area contributed by atoms with Gasteiger partial charge in [-0.2, -0.15) is 18.4 Å². The van der Waals surface area contributed by atoms with Crippen LogP contribution in [0.3, 0.4) is 0 Å². The van der Waals surface area contributed by atoms with E-state index >= 15 is 0 Å². The molecule has 2 N–H and O–H groups in total. The topological polar surface area (TPSA) is 99.1 Å². The highest BCUT2D eigenvalue weighted by Gasteiger charge is 2.30. The molecule has 0 heterocycles. The summed E-state index contributed by atoms with van der Waals surface area (Å²) in [6.07, 6.45) is -4.67. The maximum Gasteiger partial charge on any atom is 0.402 e. The molecular weight excluding hydrogens is 371 g/mol. The molecule has 2 rings (SSSR count). The van der Waals surface area contributed by atoms with Gasteiger partial charge in [-0.3, -0.25) is 4.79 Å². The van der Waals surface area contributed by atoms with Crippen molar-refractivity contribution >= 4 is 21.6 Å². The number of carbonyl (C=O) groups is 1. The monoisotopic (exact) mass is 383 g/mol. The molecule has 0 aliphatic carbocycles. The summed E-state index contributed by atoms with van der Waals surface area (Å²) in [5.41, 5.74) is 0.773. The summed E-state index contributed by atoms with van der Waals surface area (Å²) in [4.78, 5) is 11.7. The van der Waals surface area contributed by atoms with Crippen LogP contribution in [0.1, 0.15) is 15.9 Å². The molecular formula is C16H12F3N3O3S. The second kappa shape index (κ2) is 7.55. The number of carbonyl (C=O) groups excluding carboxylic acids is 1. The van der Waals surface area contributed by atoms with E-state index in [4.69, 9.17) is 5.26 Å². The van der Waals surface area contributed by atoms with Gasteiger partial charge >= 0.3 is 6.18 Å². The SMILES string of the molecule is N#Cc1cccc(C(=O)Nc2ccc(S(=O)(=O)NCC(F)(F)F)cc2)c1. The summed E-state index contributed by atoms with van der Waals surface area (Å²) in [7, 11) is -4.32. The first kappa shape index (κ1) is 19.4. The van der Waals surface area contributed by atoms with Gasteiger partial charge < -0.3 is 5.32 Å². The number of nitrogens with zero attached hydrogens (tertiary/aromatic N) is 1. The Balaban J connectivity index is 2.09. The van der Waals surface area contributed by atoms with Crippen LogP contribution in [0, 0.1) is 11.3 Å². The quantitative estimate of drug-likeness (QED) is 0.829. The summed E-state index contributed by atoms with van der Waals surface area (Å²) in [6.45, 7) is -1.68. The standard InChI is InChI=1S/C16H12F3N3O3S/c17-16(18,19)10-21-26(24,25)14-6-4-13(5-7-14)22-15(23)12-3-1-2-11(8-12)9-20/h1-8,21H,10H2,(H,22,23). The van der Waals surface area contributed by atoms with Gasteiger partial charge in [0.15, 0.2) is 0 Å². The fourth-order valence-electron chi connectivity index (χ4n) is 1.91. The summed E-state index contributed by atoms with van der Waals surface area (Å²) < 4.78 is 61.4. The Morgan fingerprint density at radius 3 is 2.35 bits per heavy atom. The predicted molar refractivity (Wildman–Crippen MR) is 86.8 cm³/mol. The highest BCUT2D eigenvalue weighted by atomic mass is 32.2. The number of hydrogen-bond donors (Lipinski definition) is 2. The van der Waals surface area contributed by atoms with Crippen molar-refractivity contribution in [3.63, 3.8) is 0 Å². The third-order valence-electron chi connectivity index (χ3n) is 3.14. The molecule has 2 aromatic rings. The Labute approximate surface area is 147 Å². The molecule has 0 saturated carbocycles. The highest BCUT2D eigenvalue weighted by Crippen LogP contribution is 2.18. The lowest BCUT2D eigenvalue weighted by Crippen LogP contribution is -2.33. The molecule has 0 fully saturated rings. The van der Waals surface area contributed by atoms with Crippen molar-refractivity contribution in [1.29, 1.82) is 5.26 Å². The lowest BCUT2D eigenvalue weighted by molar-refractivity contribution is -0.121. The van der Waals surface area contributed by atoms with E-state index in [1.165, 1.54) is 41.1 Å². The lowest BCUT2D eigenvalue weighted by Gasteiger charge is -2.10. The van der Waals surface area contributed by atoms with Gasteiger partial charge in [-0.05, 0) is 42.5 Å². The van der Waals surface area contributed by atoms with Crippen LogP contribution in [0.5, 0.6) is 0 Å². The van der Waals surface area contributed by atoms with Crippen LogP contribution in [0.15, 0.2) is 53.4 Å². The van der Waals surface area contributed by atoms with Gasteiger partial charge in [0, 0.05) is 11.3 Å². The van der Waals surface area contributed by atoms with E-state index < -0.39 is 28.7 Å². The smallest absolute Gasteiger partial charge is 0.322 e. The van der Waals surface area contributed by atoms with Crippen LogP contribution in [-0.4, -0.2) is 27.0 Å². The third-order valence-corrected chi connectivity index (χ3v) is 4.56. The Bertz CT molecular complexity index is 949. The van der Waals surface area contributed by atoms with E-state index in [2.05, 4.69) is 5.32 Å². The average molecular weight is 383 g/mol. The number of rotatable bonds is 5. The van der Waals surface area contributed by atoms with Crippen molar-refractivity contribution in [3.8, 4) is 6.07 Å². The van der Waals surface area contributed by atoms with Crippen LogP contribution in [0.2, 0.25) is 0 Å². The van der Waals surface area contributed by atoms with Gasteiger partial charge in [0.1, 0.15) is 6.54 Å². The van der Waals surface area contributed by atoms with E-state index in [0.29, 0.717) is 5.56 Å². The number of alkyl halides is 3. The fourth-order valence-corrected chi connectivity index (χ4v) is 2.93. The van der Waals surface area contributed by atoms with E-state index in [1.54, 1.807) is 0 Å². The molecule has 0 bridgehead atoms. The molecule has 136 valence electrons. The van der Waals surface area contributed by atoms with Gasteiger partial charge in [0.05, 0.1) is 16.5 Å². The summed E-state index contributed by atoms with van der Waals surface area (Å²) in [5.74, 6) is -0.520. The van der Waals surface area contributed by atoms with Crippen molar-refractivity contribution in [2.45, 2.75) is 11.1 Å². The fraction of sp³-hybridized carbons (Fsp3) is 0.125. The number of hydrogen-bond acceptors (Lipinski definition) is 4. The second-order valence-corrected chi connectivity index (χ2v) is 6.88. The molecule has 1 amide bonds. The first-order chi connectivity index (χ1) is 12.1. The van der Waals surface area contributed by atoms with Crippen molar-refractivity contribution in [2.24, 2.45) is 0 Å².